The van der Waals surface area contributed by atoms with Crippen molar-refractivity contribution in [2.75, 3.05) is 47.5 Å². The number of aliphatic hydroxyl groups excluding tert-OH is 3. The SMILES string of the molecule is CCCCC/C=C\C/C=C\CCCCCCCCCC(=O)O[C@H](COC(=O)CCC/C=C\C[C@H]1[C@@H](O)CC(O)O[C@@H]1/C=C/[C@@H](O)CCCCC)COP(=O)(O)OCC[N+](C)(C)C. The third-order valence-corrected chi connectivity index (χ3v) is 11.6. The van der Waals surface area contributed by atoms with E-state index in [1.165, 1.54) is 38.5 Å². The molecule has 0 saturated carbocycles. The molecule has 1 saturated heterocycles. The fourth-order valence-electron chi connectivity index (χ4n) is 6.79. The molecule has 0 aromatic carbocycles. The first-order chi connectivity index (χ1) is 29.7. The van der Waals surface area contributed by atoms with Gasteiger partial charge < -0.3 is 38.9 Å². The van der Waals surface area contributed by atoms with Crippen molar-refractivity contribution >= 4 is 19.8 Å². The lowest BCUT2D eigenvalue weighted by Gasteiger charge is -2.36. The standard InChI is InChI=1S/C48H86NO12P/c1-6-8-10-11-12-13-14-15-16-17-18-19-20-21-22-23-29-33-47(53)60-42(40-59-62(55,56)58-37-36-49(3,4)5)39-57-46(52)32-28-25-24-27-31-43-44(51)38-48(54)61-45(43)35-34-41(50)30-26-9-7-2/h12-13,15-16,24,27,34-35,41-45,48,50-51,54H,6-11,14,17-23,25-26,28-33,36-40H2,1-5H3/p+1/b13-12-,16-15-,27-24-,35-34+/t41-,42+,43-,44-,45+,48?/m0/s1. The first-order valence-electron chi connectivity index (χ1n) is 23.8. The summed E-state index contributed by atoms with van der Waals surface area (Å²) in [4.78, 5) is 35.7. The van der Waals surface area contributed by atoms with E-state index in [-0.39, 0.29) is 38.4 Å². The van der Waals surface area contributed by atoms with E-state index in [1.807, 2.05) is 33.3 Å². The largest absolute Gasteiger partial charge is 0.472 e. The normalized spacial score (nSPS) is 20.7. The van der Waals surface area contributed by atoms with Crippen LogP contribution in [0.4, 0.5) is 0 Å². The van der Waals surface area contributed by atoms with Crippen LogP contribution in [0.5, 0.6) is 0 Å². The number of likely N-dealkylation sites (N-methyl/N-ethyl adjacent to an activating group) is 1. The summed E-state index contributed by atoms with van der Waals surface area (Å²) >= 11 is 0. The Labute approximate surface area is 375 Å². The molecule has 7 atom stereocenters. The molecule has 0 spiro atoms. The van der Waals surface area contributed by atoms with Crippen LogP contribution >= 0.6 is 7.82 Å². The zero-order chi connectivity index (χ0) is 45.9. The number of nitrogens with zero attached hydrogens (tertiary/aromatic N) is 1. The van der Waals surface area contributed by atoms with Gasteiger partial charge in [-0.05, 0) is 64.2 Å². The maximum Gasteiger partial charge on any atom is 0.472 e. The third kappa shape index (κ3) is 33.3. The Morgan fingerprint density at radius 1 is 0.758 bits per heavy atom. The molecule has 1 rings (SSSR count). The molecule has 0 bridgehead atoms. The molecule has 0 radical (unpaired) electrons. The molecule has 62 heavy (non-hydrogen) atoms. The fraction of sp³-hybridized carbons (Fsp3) is 0.792. The van der Waals surface area contributed by atoms with Gasteiger partial charge in [0, 0.05) is 25.2 Å². The van der Waals surface area contributed by atoms with Crippen molar-refractivity contribution < 1.29 is 62.1 Å². The fourth-order valence-corrected chi connectivity index (χ4v) is 7.53. The van der Waals surface area contributed by atoms with E-state index >= 15 is 0 Å². The number of carbonyl (C=O) groups is 2. The minimum Gasteiger partial charge on any atom is -0.462 e. The first kappa shape index (κ1) is 57.8. The van der Waals surface area contributed by atoms with Gasteiger partial charge in [0.2, 0.25) is 0 Å². The first-order valence-corrected chi connectivity index (χ1v) is 25.3. The molecule has 360 valence electrons. The number of hydrogen-bond acceptors (Lipinski definition) is 11. The van der Waals surface area contributed by atoms with E-state index in [2.05, 4.69) is 38.2 Å². The zero-order valence-corrected chi connectivity index (χ0v) is 40.0. The van der Waals surface area contributed by atoms with Crippen LogP contribution in [-0.2, 0) is 37.4 Å². The minimum absolute atomic E-state index is 0.0154. The summed E-state index contributed by atoms with van der Waals surface area (Å²) in [7, 11) is 1.32. The molecule has 13 nitrogen and oxygen atoms in total. The molecule has 0 amide bonds. The maximum absolute atomic E-state index is 12.8. The number of allylic oxidation sites excluding steroid dienone is 6. The van der Waals surface area contributed by atoms with E-state index in [4.69, 9.17) is 23.3 Å². The lowest BCUT2D eigenvalue weighted by Crippen LogP contribution is -2.43. The zero-order valence-electron chi connectivity index (χ0n) is 39.1. The van der Waals surface area contributed by atoms with Crippen molar-refractivity contribution in [3.05, 3.63) is 48.6 Å². The summed E-state index contributed by atoms with van der Waals surface area (Å²) in [6, 6.07) is 0. The van der Waals surface area contributed by atoms with E-state index in [0.717, 1.165) is 57.8 Å². The number of esters is 2. The molecule has 0 aromatic heterocycles. The van der Waals surface area contributed by atoms with Gasteiger partial charge in [0.15, 0.2) is 12.4 Å². The second-order valence-corrected chi connectivity index (χ2v) is 19.1. The summed E-state index contributed by atoms with van der Waals surface area (Å²) < 4.78 is 40.0. The number of hydrogen-bond donors (Lipinski definition) is 4. The number of carbonyl (C=O) groups excluding carboxylic acids is 2. The highest BCUT2D eigenvalue weighted by Gasteiger charge is 2.35. The number of aliphatic hydroxyl groups is 3. The summed E-state index contributed by atoms with van der Waals surface area (Å²) in [5.74, 6) is -1.31. The van der Waals surface area contributed by atoms with E-state index in [1.54, 1.807) is 12.2 Å². The summed E-state index contributed by atoms with van der Waals surface area (Å²) in [5, 5.41) is 31.0. The van der Waals surface area contributed by atoms with Gasteiger partial charge in [-0.3, -0.25) is 18.6 Å². The molecule has 0 aliphatic carbocycles. The molecule has 4 N–H and O–H groups in total. The lowest BCUT2D eigenvalue weighted by atomic mass is 9.87. The van der Waals surface area contributed by atoms with Crippen LogP contribution in [0.25, 0.3) is 0 Å². The van der Waals surface area contributed by atoms with Gasteiger partial charge in [-0.15, -0.1) is 0 Å². The highest BCUT2D eigenvalue weighted by molar-refractivity contribution is 7.47. The predicted octanol–water partition coefficient (Wildman–Crippen LogP) is 9.57. The van der Waals surface area contributed by atoms with E-state index in [9.17, 15) is 34.4 Å². The summed E-state index contributed by atoms with van der Waals surface area (Å²) in [6.07, 6.45) is 32.0. The van der Waals surface area contributed by atoms with Crippen LogP contribution in [0, 0.1) is 5.92 Å². The molecule has 14 heteroatoms. The summed E-state index contributed by atoms with van der Waals surface area (Å²) in [6.45, 7) is 3.97. The van der Waals surface area contributed by atoms with Gasteiger partial charge in [-0.25, -0.2) is 4.57 Å². The molecule has 1 aliphatic rings. The Hall–Kier alpha value is -2.19. The smallest absolute Gasteiger partial charge is 0.462 e. The monoisotopic (exact) mass is 901 g/mol. The van der Waals surface area contributed by atoms with Gasteiger partial charge in [-0.2, -0.15) is 0 Å². The quantitative estimate of drug-likeness (QED) is 0.0152. The molecular weight excluding hydrogens is 813 g/mol. The molecule has 1 aliphatic heterocycles. The average molecular weight is 901 g/mol. The van der Waals surface area contributed by atoms with Crippen LogP contribution in [0.15, 0.2) is 48.6 Å². The van der Waals surface area contributed by atoms with Crippen molar-refractivity contribution in [1.29, 1.82) is 0 Å². The summed E-state index contributed by atoms with van der Waals surface area (Å²) in [5.41, 5.74) is 0. The Morgan fingerprint density at radius 2 is 1.35 bits per heavy atom. The highest BCUT2D eigenvalue weighted by Crippen LogP contribution is 2.43. The number of phosphoric ester groups is 1. The Morgan fingerprint density at radius 3 is 2.03 bits per heavy atom. The minimum atomic E-state index is -4.45. The third-order valence-electron chi connectivity index (χ3n) is 10.6. The van der Waals surface area contributed by atoms with Gasteiger partial charge in [0.1, 0.15) is 19.8 Å². The molecular formula is C48H87NO12P+. The predicted molar refractivity (Wildman–Crippen MR) is 246 cm³/mol. The van der Waals surface area contributed by atoms with Crippen LogP contribution < -0.4 is 0 Å². The highest BCUT2D eigenvalue weighted by atomic mass is 31.2. The van der Waals surface area contributed by atoms with Gasteiger partial charge in [0.05, 0.1) is 46.1 Å². The lowest BCUT2D eigenvalue weighted by molar-refractivity contribution is -0.870. The Kier molecular flexibility index (Phi) is 33.6. The van der Waals surface area contributed by atoms with Crippen LogP contribution in [0.1, 0.15) is 162 Å². The number of phosphoric acid groups is 1. The molecule has 0 aromatic rings. The van der Waals surface area contributed by atoms with Gasteiger partial charge >= 0.3 is 19.8 Å². The Balaban J connectivity index is 2.50. The number of ether oxygens (including phenoxy) is 3. The van der Waals surface area contributed by atoms with E-state index < -0.39 is 57.1 Å². The topological polar surface area (TPSA) is 178 Å². The molecule has 1 fully saturated rings. The van der Waals surface area contributed by atoms with Crippen molar-refractivity contribution in [2.24, 2.45) is 5.92 Å². The number of unbranched alkanes of at least 4 members (excludes halogenated alkanes) is 13. The van der Waals surface area contributed by atoms with Crippen molar-refractivity contribution in [3.8, 4) is 0 Å². The average Bonchev–Trinajstić information content (AvgIpc) is 3.20. The van der Waals surface area contributed by atoms with E-state index in [0.29, 0.717) is 43.1 Å². The second kappa shape index (κ2) is 36.1. The van der Waals surface area contributed by atoms with Gasteiger partial charge in [0.25, 0.3) is 0 Å². The number of rotatable bonds is 38. The molecule has 1 heterocycles. The van der Waals surface area contributed by atoms with Crippen LogP contribution in [0.3, 0.4) is 0 Å². The second-order valence-electron chi connectivity index (χ2n) is 17.7. The van der Waals surface area contributed by atoms with Crippen LogP contribution in [-0.4, -0.2) is 115 Å². The maximum atomic E-state index is 12.8. The number of quaternary nitrogens is 1. The van der Waals surface area contributed by atoms with Crippen molar-refractivity contribution in [1.82, 2.24) is 0 Å². The van der Waals surface area contributed by atoms with Crippen molar-refractivity contribution in [2.45, 2.75) is 192 Å². The molecule has 2 unspecified atom stereocenters. The Bertz CT molecular complexity index is 1320. The van der Waals surface area contributed by atoms with Gasteiger partial charge in [-0.1, -0.05) is 127 Å². The van der Waals surface area contributed by atoms with Crippen LogP contribution in [0.2, 0.25) is 0 Å². The van der Waals surface area contributed by atoms with Crippen molar-refractivity contribution in [3.63, 3.8) is 0 Å².